The Kier molecular flexibility index (Phi) is 4.38. The molecule has 2 aliphatic carbocycles. The number of carbonyl (C=O) groups is 1. The lowest BCUT2D eigenvalue weighted by molar-refractivity contribution is -0.122. The first-order chi connectivity index (χ1) is 10.0. The molecule has 0 aliphatic heterocycles. The van der Waals surface area contributed by atoms with E-state index in [1.807, 2.05) is 17.8 Å². The fourth-order valence-electron chi connectivity index (χ4n) is 4.16. The number of nitrogens with one attached hydrogen (secondary N) is 1. The summed E-state index contributed by atoms with van der Waals surface area (Å²) in [4.78, 5) is 12.1. The second kappa shape index (κ2) is 6.11. The maximum atomic E-state index is 12.1. The van der Waals surface area contributed by atoms with E-state index in [9.17, 15) is 4.79 Å². The van der Waals surface area contributed by atoms with E-state index in [1.165, 1.54) is 25.7 Å². The molecule has 0 aromatic carbocycles. The van der Waals surface area contributed by atoms with Gasteiger partial charge in [0.05, 0.1) is 10.2 Å². The van der Waals surface area contributed by atoms with Crippen molar-refractivity contribution < 1.29 is 4.79 Å². The molecule has 5 heteroatoms. The van der Waals surface area contributed by atoms with Gasteiger partial charge in [0.25, 0.3) is 0 Å². The Morgan fingerprint density at radius 3 is 2.90 bits per heavy atom. The highest BCUT2D eigenvalue weighted by Crippen LogP contribution is 2.49. The van der Waals surface area contributed by atoms with Crippen molar-refractivity contribution in [2.75, 3.05) is 0 Å². The van der Waals surface area contributed by atoms with Crippen molar-refractivity contribution in [1.29, 1.82) is 0 Å². The maximum absolute atomic E-state index is 12.1. The van der Waals surface area contributed by atoms with Crippen molar-refractivity contribution in [3.05, 3.63) is 16.4 Å². The molecule has 116 valence electrons. The summed E-state index contributed by atoms with van der Waals surface area (Å²) in [6.45, 7) is 4.78. The smallest absolute Gasteiger partial charge is 0.222 e. The van der Waals surface area contributed by atoms with Crippen molar-refractivity contribution in [2.45, 2.75) is 58.5 Å². The fourth-order valence-corrected chi connectivity index (χ4v) is 4.48. The molecule has 4 atom stereocenters. The van der Waals surface area contributed by atoms with Crippen molar-refractivity contribution in [2.24, 2.45) is 17.8 Å². The van der Waals surface area contributed by atoms with Gasteiger partial charge in [-0.25, -0.2) is 0 Å². The van der Waals surface area contributed by atoms with Gasteiger partial charge in [0.1, 0.15) is 0 Å². The third-order valence-corrected chi connectivity index (χ3v) is 6.06. The summed E-state index contributed by atoms with van der Waals surface area (Å²) >= 11 is 3.44. The fraction of sp³-hybridized carbons (Fsp3) is 0.750. The Bertz CT molecular complexity index is 508. The highest BCUT2D eigenvalue weighted by atomic mass is 79.9. The maximum Gasteiger partial charge on any atom is 0.222 e. The van der Waals surface area contributed by atoms with Crippen LogP contribution in [0.4, 0.5) is 0 Å². The van der Waals surface area contributed by atoms with Crippen LogP contribution in [0.1, 0.15) is 44.7 Å². The molecule has 1 amide bonds. The van der Waals surface area contributed by atoms with Gasteiger partial charge in [-0.15, -0.1) is 0 Å². The van der Waals surface area contributed by atoms with Gasteiger partial charge in [0, 0.05) is 25.2 Å². The lowest BCUT2D eigenvalue weighted by Crippen LogP contribution is -2.40. The SMILES string of the molecule is Cc1nn(CCC(=O)N[C@@H](C)[C@H]2C[C@@H]3CC[C@@H]2C3)cc1Br. The number of amides is 1. The molecular formula is C16H24BrN3O. The van der Waals surface area contributed by atoms with Gasteiger partial charge in [-0.05, 0) is 66.8 Å². The number of fused-ring (bicyclic) bond motifs is 2. The molecule has 0 radical (unpaired) electrons. The number of rotatable bonds is 5. The summed E-state index contributed by atoms with van der Waals surface area (Å²) in [6, 6.07) is 0.318. The predicted octanol–water partition coefficient (Wildman–Crippen LogP) is 3.29. The van der Waals surface area contributed by atoms with Gasteiger partial charge in [-0.2, -0.15) is 5.10 Å². The second-order valence-corrected chi connectivity index (χ2v) is 7.62. The highest BCUT2D eigenvalue weighted by molar-refractivity contribution is 9.10. The third-order valence-electron chi connectivity index (χ3n) is 5.28. The molecule has 1 heterocycles. The lowest BCUT2D eigenvalue weighted by atomic mass is 9.84. The molecule has 1 aromatic rings. The van der Waals surface area contributed by atoms with E-state index in [1.54, 1.807) is 0 Å². The van der Waals surface area contributed by atoms with E-state index >= 15 is 0 Å². The van der Waals surface area contributed by atoms with Crippen LogP contribution < -0.4 is 5.32 Å². The van der Waals surface area contributed by atoms with Crippen molar-refractivity contribution in [3.8, 4) is 0 Å². The van der Waals surface area contributed by atoms with Crippen LogP contribution in [0, 0.1) is 24.7 Å². The molecule has 0 unspecified atom stereocenters. The normalized spacial score (nSPS) is 28.8. The molecule has 2 aliphatic rings. The molecule has 1 N–H and O–H groups in total. The minimum Gasteiger partial charge on any atom is -0.353 e. The molecule has 2 fully saturated rings. The Morgan fingerprint density at radius 2 is 2.33 bits per heavy atom. The number of aromatic nitrogens is 2. The number of hydrogen-bond donors (Lipinski definition) is 1. The van der Waals surface area contributed by atoms with Crippen LogP contribution in [0.5, 0.6) is 0 Å². The Hall–Kier alpha value is -0.840. The van der Waals surface area contributed by atoms with Gasteiger partial charge in [-0.3, -0.25) is 9.48 Å². The van der Waals surface area contributed by atoms with Gasteiger partial charge in [0.2, 0.25) is 5.91 Å². The van der Waals surface area contributed by atoms with Crippen LogP contribution in [-0.4, -0.2) is 21.7 Å². The van der Waals surface area contributed by atoms with Crippen molar-refractivity contribution >= 4 is 21.8 Å². The largest absolute Gasteiger partial charge is 0.353 e. The molecule has 1 aromatic heterocycles. The van der Waals surface area contributed by atoms with Crippen LogP contribution in [-0.2, 0) is 11.3 Å². The molecule has 2 bridgehead atoms. The van der Waals surface area contributed by atoms with E-state index < -0.39 is 0 Å². The number of aryl methyl sites for hydroxylation is 2. The number of nitrogens with zero attached hydrogens (tertiary/aromatic N) is 2. The minimum atomic E-state index is 0.148. The quantitative estimate of drug-likeness (QED) is 0.882. The summed E-state index contributed by atoms with van der Waals surface area (Å²) in [5, 5.41) is 7.57. The van der Waals surface area contributed by atoms with Crippen LogP contribution >= 0.6 is 15.9 Å². The van der Waals surface area contributed by atoms with Gasteiger partial charge >= 0.3 is 0 Å². The zero-order chi connectivity index (χ0) is 15.0. The lowest BCUT2D eigenvalue weighted by Gasteiger charge is -2.28. The Balaban J connectivity index is 1.45. The first-order valence-corrected chi connectivity index (χ1v) is 8.81. The van der Waals surface area contributed by atoms with Crippen molar-refractivity contribution in [1.82, 2.24) is 15.1 Å². The van der Waals surface area contributed by atoms with E-state index in [0.29, 0.717) is 24.9 Å². The summed E-state index contributed by atoms with van der Waals surface area (Å²) in [7, 11) is 0. The van der Waals surface area contributed by atoms with Crippen LogP contribution in [0.25, 0.3) is 0 Å². The van der Waals surface area contributed by atoms with Crippen LogP contribution in [0.15, 0.2) is 10.7 Å². The third kappa shape index (κ3) is 3.33. The first kappa shape index (κ1) is 15.1. The molecule has 0 saturated heterocycles. The monoisotopic (exact) mass is 353 g/mol. The molecule has 2 saturated carbocycles. The van der Waals surface area contributed by atoms with Gasteiger partial charge < -0.3 is 5.32 Å². The average molecular weight is 354 g/mol. The number of carbonyl (C=O) groups excluding carboxylic acids is 1. The average Bonchev–Trinajstić information content (AvgIpc) is 3.13. The Labute approximate surface area is 134 Å². The van der Waals surface area contributed by atoms with Gasteiger partial charge in [0.15, 0.2) is 0 Å². The van der Waals surface area contributed by atoms with E-state index in [-0.39, 0.29) is 5.91 Å². The molecular weight excluding hydrogens is 330 g/mol. The molecule has 0 spiro atoms. The number of halogens is 1. The standard InChI is InChI=1S/C16H24BrN3O/c1-10(14-8-12-3-4-13(14)7-12)18-16(21)5-6-20-9-15(17)11(2)19-20/h9-10,12-14H,3-8H2,1-2H3,(H,18,21)/t10-,12+,13+,14+/m0/s1. The minimum absolute atomic E-state index is 0.148. The van der Waals surface area contributed by atoms with E-state index in [4.69, 9.17) is 0 Å². The molecule has 3 rings (SSSR count). The second-order valence-electron chi connectivity index (χ2n) is 6.77. The zero-order valence-electron chi connectivity index (χ0n) is 12.8. The van der Waals surface area contributed by atoms with Crippen LogP contribution in [0.2, 0.25) is 0 Å². The van der Waals surface area contributed by atoms with Crippen LogP contribution in [0.3, 0.4) is 0 Å². The zero-order valence-corrected chi connectivity index (χ0v) is 14.4. The van der Waals surface area contributed by atoms with E-state index in [0.717, 1.165) is 22.0 Å². The topological polar surface area (TPSA) is 46.9 Å². The summed E-state index contributed by atoms with van der Waals surface area (Å²) in [5.74, 6) is 2.64. The van der Waals surface area contributed by atoms with E-state index in [2.05, 4.69) is 33.3 Å². The van der Waals surface area contributed by atoms with Crippen molar-refractivity contribution in [3.63, 3.8) is 0 Å². The predicted molar refractivity (Wildman–Crippen MR) is 85.8 cm³/mol. The highest BCUT2D eigenvalue weighted by Gasteiger charge is 2.42. The Morgan fingerprint density at radius 1 is 1.52 bits per heavy atom. The first-order valence-electron chi connectivity index (χ1n) is 8.02. The molecule has 4 nitrogen and oxygen atoms in total. The van der Waals surface area contributed by atoms with Gasteiger partial charge in [-0.1, -0.05) is 6.42 Å². The summed E-state index contributed by atoms with van der Waals surface area (Å²) < 4.78 is 2.83. The molecule has 21 heavy (non-hydrogen) atoms. The summed E-state index contributed by atoms with van der Waals surface area (Å²) in [5.41, 5.74) is 0.964. The number of hydrogen-bond acceptors (Lipinski definition) is 2. The summed E-state index contributed by atoms with van der Waals surface area (Å²) in [6.07, 6.45) is 7.93.